The first-order chi connectivity index (χ1) is 13.5. The van der Waals surface area contributed by atoms with Crippen LogP contribution in [0.3, 0.4) is 0 Å². The number of esters is 1. The van der Waals surface area contributed by atoms with Gasteiger partial charge in [-0.15, -0.1) is 0 Å². The first kappa shape index (κ1) is 19.6. The van der Waals surface area contributed by atoms with Gasteiger partial charge in [0.15, 0.2) is 0 Å². The van der Waals surface area contributed by atoms with Crippen molar-refractivity contribution < 1.29 is 19.1 Å². The monoisotopic (exact) mass is 380 g/mol. The molecule has 1 aliphatic rings. The number of ether oxygens (including phenoxy) is 1. The fourth-order valence-corrected chi connectivity index (χ4v) is 3.34. The second kappa shape index (κ2) is 8.69. The predicted octanol–water partition coefficient (Wildman–Crippen LogP) is 3.27. The summed E-state index contributed by atoms with van der Waals surface area (Å²) in [7, 11) is 1.31. The van der Waals surface area contributed by atoms with E-state index in [1.54, 1.807) is 29.2 Å². The first-order valence-electron chi connectivity index (χ1n) is 9.33. The summed E-state index contributed by atoms with van der Waals surface area (Å²) in [6.07, 6.45) is 1.17. The molecule has 2 amide bonds. The van der Waals surface area contributed by atoms with Crippen LogP contribution in [0.2, 0.25) is 0 Å². The molecule has 2 aromatic rings. The normalized spacial score (nSPS) is 14.4. The SMILES string of the molecule is COC(=O)c1ccccc1NC(=O)C1CCN(C(=O)c2ccc(C)cc2)CC1. The molecule has 1 aliphatic heterocycles. The number of methoxy groups -OCH3 is 1. The van der Waals surface area contributed by atoms with Crippen molar-refractivity contribution in [2.24, 2.45) is 5.92 Å². The lowest BCUT2D eigenvalue weighted by Gasteiger charge is -2.31. The van der Waals surface area contributed by atoms with Gasteiger partial charge in [-0.05, 0) is 44.0 Å². The summed E-state index contributed by atoms with van der Waals surface area (Å²) < 4.78 is 4.76. The van der Waals surface area contributed by atoms with Crippen molar-refractivity contribution in [3.05, 3.63) is 65.2 Å². The molecule has 1 heterocycles. The van der Waals surface area contributed by atoms with E-state index in [1.165, 1.54) is 7.11 Å². The van der Waals surface area contributed by atoms with Gasteiger partial charge in [0.2, 0.25) is 5.91 Å². The number of aryl methyl sites for hydroxylation is 1. The molecule has 0 aliphatic carbocycles. The second-order valence-corrected chi connectivity index (χ2v) is 6.96. The van der Waals surface area contributed by atoms with Crippen LogP contribution < -0.4 is 5.32 Å². The number of carbonyl (C=O) groups is 3. The van der Waals surface area contributed by atoms with Crippen LogP contribution in [0.1, 0.15) is 39.1 Å². The van der Waals surface area contributed by atoms with Crippen LogP contribution in [0.4, 0.5) is 5.69 Å². The molecule has 1 N–H and O–H groups in total. The number of hydrogen-bond acceptors (Lipinski definition) is 4. The van der Waals surface area contributed by atoms with Gasteiger partial charge in [0, 0.05) is 24.6 Å². The van der Waals surface area contributed by atoms with Gasteiger partial charge in [-0.3, -0.25) is 9.59 Å². The number of carbonyl (C=O) groups excluding carboxylic acids is 3. The van der Waals surface area contributed by atoms with Crippen molar-refractivity contribution in [2.45, 2.75) is 19.8 Å². The zero-order chi connectivity index (χ0) is 20.1. The van der Waals surface area contributed by atoms with Crippen LogP contribution in [0.15, 0.2) is 48.5 Å². The smallest absolute Gasteiger partial charge is 0.339 e. The highest BCUT2D eigenvalue weighted by Gasteiger charge is 2.28. The van der Waals surface area contributed by atoms with Gasteiger partial charge in [-0.2, -0.15) is 0 Å². The second-order valence-electron chi connectivity index (χ2n) is 6.96. The van der Waals surface area contributed by atoms with Crippen molar-refractivity contribution in [2.75, 3.05) is 25.5 Å². The number of benzene rings is 2. The number of nitrogens with zero attached hydrogens (tertiary/aromatic N) is 1. The van der Waals surface area contributed by atoms with E-state index >= 15 is 0 Å². The van der Waals surface area contributed by atoms with E-state index in [4.69, 9.17) is 4.74 Å². The van der Waals surface area contributed by atoms with Gasteiger partial charge in [0.05, 0.1) is 18.4 Å². The van der Waals surface area contributed by atoms with Gasteiger partial charge >= 0.3 is 5.97 Å². The Morgan fingerprint density at radius 1 is 1.00 bits per heavy atom. The average Bonchev–Trinajstić information content (AvgIpc) is 2.73. The van der Waals surface area contributed by atoms with Gasteiger partial charge < -0.3 is 15.0 Å². The minimum Gasteiger partial charge on any atom is -0.465 e. The van der Waals surface area contributed by atoms with Gasteiger partial charge in [0.25, 0.3) is 5.91 Å². The molecule has 0 aromatic heterocycles. The quantitative estimate of drug-likeness (QED) is 0.826. The molecule has 1 fully saturated rings. The summed E-state index contributed by atoms with van der Waals surface area (Å²) in [6, 6.07) is 14.3. The molecule has 28 heavy (non-hydrogen) atoms. The lowest BCUT2D eigenvalue weighted by atomic mass is 9.95. The molecule has 0 bridgehead atoms. The summed E-state index contributed by atoms with van der Waals surface area (Å²) in [5.74, 6) is -0.837. The van der Waals surface area contributed by atoms with Crippen molar-refractivity contribution in [3.63, 3.8) is 0 Å². The summed E-state index contributed by atoms with van der Waals surface area (Å²) >= 11 is 0. The molecule has 0 radical (unpaired) electrons. The molecule has 3 rings (SSSR count). The topological polar surface area (TPSA) is 75.7 Å². The van der Waals surface area contributed by atoms with Gasteiger partial charge in [-0.1, -0.05) is 29.8 Å². The molecular weight excluding hydrogens is 356 g/mol. The van der Waals surface area contributed by atoms with Crippen LogP contribution in [-0.4, -0.2) is 42.9 Å². The maximum Gasteiger partial charge on any atom is 0.339 e. The molecule has 0 unspecified atom stereocenters. The number of likely N-dealkylation sites (tertiary alicyclic amines) is 1. The first-order valence-corrected chi connectivity index (χ1v) is 9.33. The van der Waals surface area contributed by atoms with Gasteiger partial charge in [0.1, 0.15) is 0 Å². The maximum absolute atomic E-state index is 12.6. The van der Waals surface area contributed by atoms with E-state index in [2.05, 4.69) is 5.32 Å². The highest BCUT2D eigenvalue weighted by molar-refractivity contribution is 6.02. The molecule has 1 saturated heterocycles. The molecule has 0 saturated carbocycles. The van der Waals surface area contributed by atoms with Crippen molar-refractivity contribution in [1.29, 1.82) is 0 Å². The number of anilines is 1. The standard InChI is InChI=1S/C22H24N2O4/c1-15-7-9-17(10-8-15)21(26)24-13-11-16(12-14-24)20(25)23-19-6-4-3-5-18(19)22(27)28-2/h3-10,16H,11-14H2,1-2H3,(H,23,25). The molecule has 0 spiro atoms. The van der Waals surface area contributed by atoms with E-state index in [0.717, 1.165) is 5.56 Å². The Hall–Kier alpha value is -3.15. The summed E-state index contributed by atoms with van der Waals surface area (Å²) in [5.41, 5.74) is 2.54. The predicted molar refractivity (Wildman–Crippen MR) is 106 cm³/mol. The van der Waals surface area contributed by atoms with E-state index in [1.807, 2.05) is 31.2 Å². The Bertz CT molecular complexity index is 868. The third-order valence-electron chi connectivity index (χ3n) is 5.04. The molecule has 2 aromatic carbocycles. The Morgan fingerprint density at radius 2 is 1.64 bits per heavy atom. The fraction of sp³-hybridized carbons (Fsp3) is 0.318. The Labute approximate surface area is 164 Å². The van der Waals surface area contributed by atoms with Crippen LogP contribution in [0, 0.1) is 12.8 Å². The van der Waals surface area contributed by atoms with E-state index in [0.29, 0.717) is 42.7 Å². The molecule has 0 atom stereocenters. The zero-order valence-corrected chi connectivity index (χ0v) is 16.1. The van der Waals surface area contributed by atoms with Crippen LogP contribution in [0.25, 0.3) is 0 Å². The third kappa shape index (κ3) is 4.39. The summed E-state index contributed by atoms with van der Waals surface area (Å²) in [4.78, 5) is 38.9. The largest absolute Gasteiger partial charge is 0.465 e. The van der Waals surface area contributed by atoms with Crippen molar-refractivity contribution in [3.8, 4) is 0 Å². The number of piperidine rings is 1. The van der Waals surface area contributed by atoms with Gasteiger partial charge in [-0.25, -0.2) is 4.79 Å². The van der Waals surface area contributed by atoms with Crippen molar-refractivity contribution in [1.82, 2.24) is 4.90 Å². The average molecular weight is 380 g/mol. The number of amides is 2. The lowest BCUT2D eigenvalue weighted by Crippen LogP contribution is -2.41. The highest BCUT2D eigenvalue weighted by Crippen LogP contribution is 2.23. The van der Waals surface area contributed by atoms with E-state index < -0.39 is 5.97 Å². The van der Waals surface area contributed by atoms with Crippen LogP contribution >= 0.6 is 0 Å². The number of hydrogen-bond donors (Lipinski definition) is 1. The highest BCUT2D eigenvalue weighted by atomic mass is 16.5. The minimum atomic E-state index is -0.491. The van der Waals surface area contributed by atoms with Crippen LogP contribution in [-0.2, 0) is 9.53 Å². The summed E-state index contributed by atoms with van der Waals surface area (Å²) in [6.45, 7) is 3.05. The number of para-hydroxylation sites is 1. The fourth-order valence-electron chi connectivity index (χ4n) is 3.34. The van der Waals surface area contributed by atoms with E-state index in [-0.39, 0.29) is 17.7 Å². The van der Waals surface area contributed by atoms with E-state index in [9.17, 15) is 14.4 Å². The zero-order valence-electron chi connectivity index (χ0n) is 16.1. The Balaban J connectivity index is 1.59. The molecular formula is C22H24N2O4. The lowest BCUT2D eigenvalue weighted by molar-refractivity contribution is -0.121. The summed E-state index contributed by atoms with van der Waals surface area (Å²) in [5, 5.41) is 2.83. The molecule has 6 heteroatoms. The molecule has 6 nitrogen and oxygen atoms in total. The third-order valence-corrected chi connectivity index (χ3v) is 5.04. The van der Waals surface area contributed by atoms with Crippen molar-refractivity contribution >= 4 is 23.5 Å². The van der Waals surface area contributed by atoms with Crippen LogP contribution in [0.5, 0.6) is 0 Å². The maximum atomic E-state index is 12.6. The number of nitrogens with one attached hydrogen (secondary N) is 1. The minimum absolute atomic E-state index is 0.00473. The number of rotatable bonds is 4. The Kier molecular flexibility index (Phi) is 6.09. The Morgan fingerprint density at radius 3 is 2.29 bits per heavy atom. The molecule has 146 valence electrons.